The molecule has 1 aromatic carbocycles. The quantitative estimate of drug-likeness (QED) is 0.825. The molecule has 16 heavy (non-hydrogen) atoms. The smallest absolute Gasteiger partial charge is 0.106 e. The van der Waals surface area contributed by atoms with E-state index in [1.54, 1.807) is 0 Å². The predicted octanol–water partition coefficient (Wildman–Crippen LogP) is 1.64. The summed E-state index contributed by atoms with van der Waals surface area (Å²) in [5.74, 6) is 1.90. The second kappa shape index (κ2) is 3.59. The van der Waals surface area contributed by atoms with Gasteiger partial charge in [-0.15, -0.1) is 0 Å². The van der Waals surface area contributed by atoms with Gasteiger partial charge in [0.15, 0.2) is 0 Å². The van der Waals surface area contributed by atoms with Crippen molar-refractivity contribution < 1.29 is 0 Å². The van der Waals surface area contributed by atoms with E-state index in [0.29, 0.717) is 0 Å². The van der Waals surface area contributed by atoms with Gasteiger partial charge in [0, 0.05) is 7.05 Å². The molecule has 2 heterocycles. The van der Waals surface area contributed by atoms with Crippen LogP contribution in [0.15, 0.2) is 18.2 Å². The molecular formula is C13H17N3. The highest BCUT2D eigenvalue weighted by molar-refractivity contribution is 5.76. The van der Waals surface area contributed by atoms with Crippen LogP contribution in [0.5, 0.6) is 0 Å². The minimum absolute atomic E-state index is 0.822. The first kappa shape index (κ1) is 9.85. The van der Waals surface area contributed by atoms with Crippen LogP contribution in [0.3, 0.4) is 0 Å². The maximum atomic E-state index is 4.57. The molecule has 1 fully saturated rings. The molecule has 1 N–H and O–H groups in total. The van der Waals surface area contributed by atoms with E-state index < -0.39 is 0 Å². The first-order chi connectivity index (χ1) is 7.74. The fraction of sp³-hybridized carbons (Fsp3) is 0.462. The van der Waals surface area contributed by atoms with Crippen LogP contribution in [0.25, 0.3) is 11.0 Å². The molecule has 0 unspecified atom stereocenters. The summed E-state index contributed by atoms with van der Waals surface area (Å²) < 4.78 is 2.14. The number of aryl methyl sites for hydroxylation is 2. The van der Waals surface area contributed by atoms with Gasteiger partial charge in [-0.25, -0.2) is 4.98 Å². The average molecular weight is 215 g/mol. The van der Waals surface area contributed by atoms with Gasteiger partial charge in [0.05, 0.1) is 11.0 Å². The molecule has 1 aliphatic rings. The van der Waals surface area contributed by atoms with E-state index in [1.165, 1.54) is 30.6 Å². The summed E-state index contributed by atoms with van der Waals surface area (Å²) in [4.78, 5) is 4.57. The van der Waals surface area contributed by atoms with E-state index in [4.69, 9.17) is 0 Å². The molecule has 0 bridgehead atoms. The first-order valence-corrected chi connectivity index (χ1v) is 5.87. The molecule has 0 amide bonds. The molecule has 0 aliphatic carbocycles. The lowest BCUT2D eigenvalue weighted by molar-refractivity contribution is 0.346. The number of aromatic nitrogens is 2. The van der Waals surface area contributed by atoms with Crippen molar-refractivity contribution >= 4 is 11.0 Å². The van der Waals surface area contributed by atoms with Crippen LogP contribution in [0.2, 0.25) is 0 Å². The van der Waals surface area contributed by atoms with Gasteiger partial charge in [-0.05, 0) is 50.0 Å². The van der Waals surface area contributed by atoms with Gasteiger partial charge in [0.25, 0.3) is 0 Å². The minimum atomic E-state index is 0.822. The van der Waals surface area contributed by atoms with Crippen molar-refractivity contribution in [3.63, 3.8) is 0 Å². The third kappa shape index (κ3) is 1.52. The van der Waals surface area contributed by atoms with Crippen molar-refractivity contribution in [1.82, 2.24) is 14.9 Å². The zero-order valence-electron chi connectivity index (χ0n) is 9.83. The fourth-order valence-electron chi connectivity index (χ4n) is 2.32. The Hall–Kier alpha value is -1.35. The normalized spacial score (nSPS) is 16.6. The van der Waals surface area contributed by atoms with E-state index in [2.05, 4.69) is 47.0 Å². The minimum Gasteiger partial charge on any atom is -0.331 e. The van der Waals surface area contributed by atoms with Gasteiger partial charge < -0.3 is 9.88 Å². The molecule has 0 spiro atoms. The summed E-state index contributed by atoms with van der Waals surface area (Å²) in [6.45, 7) is 4.38. The summed E-state index contributed by atoms with van der Waals surface area (Å²) in [6.07, 6.45) is 1.18. The molecule has 0 saturated carbocycles. The standard InChI is InChI=1S/C13H17N3/c1-9-15-12-6-10(5-11-7-14-8-11)3-4-13(12)16(9)2/h3-4,6,11,14H,5,7-8H2,1-2H3. The van der Waals surface area contributed by atoms with Crippen LogP contribution in [-0.4, -0.2) is 22.6 Å². The molecule has 0 atom stereocenters. The van der Waals surface area contributed by atoms with E-state index >= 15 is 0 Å². The Bertz CT molecular complexity index is 523. The number of hydrogen-bond donors (Lipinski definition) is 1. The molecule has 1 saturated heterocycles. The van der Waals surface area contributed by atoms with Crippen molar-refractivity contribution in [2.24, 2.45) is 13.0 Å². The van der Waals surface area contributed by atoms with E-state index in [1.807, 2.05) is 0 Å². The average Bonchev–Trinajstić information content (AvgIpc) is 2.49. The van der Waals surface area contributed by atoms with Gasteiger partial charge in [0.1, 0.15) is 5.82 Å². The number of rotatable bonds is 2. The SMILES string of the molecule is Cc1nc2cc(CC3CNC3)ccc2n1C. The molecule has 1 aromatic heterocycles. The summed E-state index contributed by atoms with van der Waals surface area (Å²) in [6, 6.07) is 6.67. The summed E-state index contributed by atoms with van der Waals surface area (Å²) >= 11 is 0. The third-order valence-corrected chi connectivity index (χ3v) is 3.56. The van der Waals surface area contributed by atoms with Gasteiger partial charge in [-0.2, -0.15) is 0 Å². The second-order valence-corrected chi connectivity index (χ2v) is 4.77. The van der Waals surface area contributed by atoms with E-state index in [9.17, 15) is 0 Å². The number of benzene rings is 1. The number of nitrogens with zero attached hydrogens (tertiary/aromatic N) is 2. The molecule has 3 rings (SSSR count). The number of fused-ring (bicyclic) bond motifs is 1. The lowest BCUT2D eigenvalue weighted by Gasteiger charge is -2.27. The Balaban J connectivity index is 1.95. The van der Waals surface area contributed by atoms with Crippen molar-refractivity contribution in [3.8, 4) is 0 Å². The molecule has 3 nitrogen and oxygen atoms in total. The topological polar surface area (TPSA) is 29.9 Å². The maximum absolute atomic E-state index is 4.57. The van der Waals surface area contributed by atoms with Crippen molar-refractivity contribution in [2.75, 3.05) is 13.1 Å². The predicted molar refractivity (Wildman–Crippen MR) is 65.5 cm³/mol. The molecule has 84 valence electrons. The second-order valence-electron chi connectivity index (χ2n) is 4.77. The zero-order chi connectivity index (χ0) is 11.1. The van der Waals surface area contributed by atoms with E-state index in [0.717, 1.165) is 17.3 Å². The first-order valence-electron chi connectivity index (χ1n) is 5.87. The third-order valence-electron chi connectivity index (χ3n) is 3.56. The fourth-order valence-corrected chi connectivity index (χ4v) is 2.32. The molecule has 2 aromatic rings. The highest BCUT2D eigenvalue weighted by Gasteiger charge is 2.17. The van der Waals surface area contributed by atoms with Gasteiger partial charge in [-0.1, -0.05) is 6.07 Å². The maximum Gasteiger partial charge on any atom is 0.106 e. The Labute approximate surface area is 95.5 Å². The van der Waals surface area contributed by atoms with Crippen LogP contribution in [0.1, 0.15) is 11.4 Å². The Morgan fingerprint density at radius 2 is 2.25 bits per heavy atom. The summed E-state index contributed by atoms with van der Waals surface area (Å²) in [7, 11) is 2.07. The number of hydrogen-bond acceptors (Lipinski definition) is 2. The molecule has 0 radical (unpaired) electrons. The van der Waals surface area contributed by atoms with E-state index in [-0.39, 0.29) is 0 Å². The van der Waals surface area contributed by atoms with Crippen LogP contribution >= 0.6 is 0 Å². The lowest BCUT2D eigenvalue weighted by atomic mass is 9.94. The van der Waals surface area contributed by atoms with Gasteiger partial charge >= 0.3 is 0 Å². The monoisotopic (exact) mass is 215 g/mol. The van der Waals surface area contributed by atoms with Gasteiger partial charge in [0.2, 0.25) is 0 Å². The zero-order valence-corrected chi connectivity index (χ0v) is 9.83. The van der Waals surface area contributed by atoms with Crippen molar-refractivity contribution in [1.29, 1.82) is 0 Å². The van der Waals surface area contributed by atoms with Crippen molar-refractivity contribution in [3.05, 3.63) is 29.6 Å². The van der Waals surface area contributed by atoms with Crippen LogP contribution in [0, 0.1) is 12.8 Å². The largest absolute Gasteiger partial charge is 0.331 e. The van der Waals surface area contributed by atoms with Crippen LogP contribution in [0.4, 0.5) is 0 Å². The summed E-state index contributed by atoms with van der Waals surface area (Å²) in [5, 5.41) is 3.31. The Kier molecular flexibility index (Phi) is 2.21. The van der Waals surface area contributed by atoms with Crippen LogP contribution in [-0.2, 0) is 13.5 Å². The molecular weight excluding hydrogens is 198 g/mol. The number of nitrogens with one attached hydrogen (secondary N) is 1. The highest BCUT2D eigenvalue weighted by Crippen LogP contribution is 2.19. The number of imidazole rings is 1. The van der Waals surface area contributed by atoms with Gasteiger partial charge in [-0.3, -0.25) is 0 Å². The highest BCUT2D eigenvalue weighted by atomic mass is 15.0. The molecule has 1 aliphatic heterocycles. The van der Waals surface area contributed by atoms with Crippen molar-refractivity contribution in [2.45, 2.75) is 13.3 Å². The van der Waals surface area contributed by atoms with Crippen LogP contribution < -0.4 is 5.32 Å². The molecule has 3 heteroatoms. The lowest BCUT2D eigenvalue weighted by Crippen LogP contribution is -2.43. The summed E-state index contributed by atoms with van der Waals surface area (Å²) in [5.41, 5.74) is 3.77. The Morgan fingerprint density at radius 3 is 2.94 bits per heavy atom. The Morgan fingerprint density at radius 1 is 1.44 bits per heavy atom.